The summed E-state index contributed by atoms with van der Waals surface area (Å²) in [7, 11) is 0. The third-order valence-electron chi connectivity index (χ3n) is 4.52. The predicted octanol–water partition coefficient (Wildman–Crippen LogP) is 4.91. The Bertz CT molecular complexity index is 927. The minimum absolute atomic E-state index is 0.0138. The number of nitrogens with one attached hydrogen (secondary N) is 1. The van der Waals surface area contributed by atoms with Gasteiger partial charge < -0.3 is 19.4 Å². The number of rotatable bonds is 9. The molecule has 7 heteroatoms. The molecule has 0 spiro atoms. The first-order chi connectivity index (χ1) is 13.5. The van der Waals surface area contributed by atoms with E-state index in [2.05, 4.69) is 34.5 Å². The van der Waals surface area contributed by atoms with Crippen molar-refractivity contribution in [1.29, 1.82) is 0 Å². The van der Waals surface area contributed by atoms with Crippen molar-refractivity contribution in [3.05, 3.63) is 53.9 Å². The molecule has 0 bridgehead atoms. The highest BCUT2D eigenvalue weighted by Gasteiger charge is 2.16. The van der Waals surface area contributed by atoms with E-state index in [-0.39, 0.29) is 11.8 Å². The summed E-state index contributed by atoms with van der Waals surface area (Å²) in [5.41, 5.74) is 3.00. The first-order valence-electron chi connectivity index (χ1n) is 9.42. The fraction of sp³-hybridized carbons (Fsp3) is 0.381. The fourth-order valence-corrected chi connectivity index (χ4v) is 3.24. The zero-order chi connectivity index (χ0) is 20.1. The van der Waals surface area contributed by atoms with Crippen molar-refractivity contribution in [1.82, 2.24) is 14.9 Å². The number of nitrogens with zero attached hydrogens (tertiary/aromatic N) is 2. The Morgan fingerprint density at radius 3 is 2.61 bits per heavy atom. The van der Waals surface area contributed by atoms with Crippen LogP contribution >= 0.6 is 0 Å². The van der Waals surface area contributed by atoms with Gasteiger partial charge >= 0.3 is 6.61 Å². The van der Waals surface area contributed by atoms with Gasteiger partial charge in [0.2, 0.25) is 0 Å². The van der Waals surface area contributed by atoms with Gasteiger partial charge in [0, 0.05) is 13.1 Å². The van der Waals surface area contributed by atoms with Crippen molar-refractivity contribution in [2.75, 3.05) is 6.61 Å². The van der Waals surface area contributed by atoms with Crippen LogP contribution in [0.4, 0.5) is 8.78 Å². The van der Waals surface area contributed by atoms with E-state index in [4.69, 9.17) is 9.72 Å². The highest BCUT2D eigenvalue weighted by atomic mass is 19.3. The van der Waals surface area contributed by atoms with Crippen LogP contribution in [0.1, 0.15) is 38.2 Å². The minimum Gasteiger partial charge on any atom is -0.490 e. The molecular formula is C21H25F2N3O2. The summed E-state index contributed by atoms with van der Waals surface area (Å²) < 4.78 is 37.2. The summed E-state index contributed by atoms with van der Waals surface area (Å²) >= 11 is 0. The van der Waals surface area contributed by atoms with E-state index in [9.17, 15) is 8.78 Å². The first kappa shape index (κ1) is 20.1. The van der Waals surface area contributed by atoms with Gasteiger partial charge in [-0.1, -0.05) is 18.2 Å². The first-order valence-corrected chi connectivity index (χ1v) is 9.42. The summed E-state index contributed by atoms with van der Waals surface area (Å²) in [5, 5.41) is 3.45. The second-order valence-electron chi connectivity index (χ2n) is 6.40. The molecule has 28 heavy (non-hydrogen) atoms. The van der Waals surface area contributed by atoms with E-state index >= 15 is 0 Å². The van der Waals surface area contributed by atoms with Gasteiger partial charge in [-0.15, -0.1) is 0 Å². The molecule has 0 fully saturated rings. The Morgan fingerprint density at radius 2 is 1.89 bits per heavy atom. The average molecular weight is 389 g/mol. The van der Waals surface area contributed by atoms with Gasteiger partial charge in [0.15, 0.2) is 11.5 Å². The van der Waals surface area contributed by atoms with Crippen molar-refractivity contribution in [2.24, 2.45) is 0 Å². The highest BCUT2D eigenvalue weighted by molar-refractivity contribution is 5.76. The highest BCUT2D eigenvalue weighted by Crippen LogP contribution is 2.30. The van der Waals surface area contributed by atoms with Gasteiger partial charge in [-0.3, -0.25) is 0 Å². The van der Waals surface area contributed by atoms with Crippen molar-refractivity contribution in [3.8, 4) is 11.5 Å². The average Bonchev–Trinajstić information content (AvgIpc) is 3.06. The van der Waals surface area contributed by atoms with E-state index in [0.717, 1.165) is 29.0 Å². The largest absolute Gasteiger partial charge is 0.490 e. The summed E-state index contributed by atoms with van der Waals surface area (Å²) in [4.78, 5) is 4.76. The monoisotopic (exact) mass is 389 g/mol. The number of para-hydroxylation sites is 2. The molecule has 2 aromatic carbocycles. The molecule has 0 saturated carbocycles. The molecule has 3 aromatic rings. The maximum absolute atomic E-state index is 12.5. The lowest BCUT2D eigenvalue weighted by Crippen LogP contribution is -2.21. The molecule has 1 atom stereocenters. The molecule has 1 heterocycles. The standard InChI is InChI=1S/C21H25F2N3O2/c1-4-26-17-9-7-6-8-16(17)25-20(26)14(3)24-13-15-10-11-18(28-21(22)23)19(12-15)27-5-2/h6-12,14,21,24H,4-5,13H2,1-3H3. The van der Waals surface area contributed by atoms with Gasteiger partial charge in [0.25, 0.3) is 0 Å². The molecule has 0 aliphatic carbocycles. The van der Waals surface area contributed by atoms with Crippen molar-refractivity contribution in [3.63, 3.8) is 0 Å². The maximum Gasteiger partial charge on any atom is 0.387 e. The van der Waals surface area contributed by atoms with Crippen molar-refractivity contribution in [2.45, 2.75) is 46.5 Å². The van der Waals surface area contributed by atoms with E-state index < -0.39 is 6.61 Å². The maximum atomic E-state index is 12.5. The molecule has 0 aliphatic rings. The van der Waals surface area contributed by atoms with E-state index in [1.807, 2.05) is 18.2 Å². The zero-order valence-electron chi connectivity index (χ0n) is 16.3. The zero-order valence-corrected chi connectivity index (χ0v) is 16.3. The number of fused-ring (bicyclic) bond motifs is 1. The Labute approximate surface area is 163 Å². The van der Waals surface area contributed by atoms with E-state index in [1.165, 1.54) is 6.07 Å². The van der Waals surface area contributed by atoms with Crippen LogP contribution in [-0.2, 0) is 13.1 Å². The van der Waals surface area contributed by atoms with Crippen LogP contribution in [0.2, 0.25) is 0 Å². The number of hydrogen-bond acceptors (Lipinski definition) is 4. The number of imidazole rings is 1. The fourth-order valence-electron chi connectivity index (χ4n) is 3.24. The SMILES string of the molecule is CCOc1cc(CNC(C)c2nc3ccccc3n2CC)ccc1OC(F)F. The predicted molar refractivity (Wildman–Crippen MR) is 105 cm³/mol. The summed E-state index contributed by atoms with van der Waals surface area (Å²) in [5.74, 6) is 1.32. The molecule has 150 valence electrons. The summed E-state index contributed by atoms with van der Waals surface area (Å²) in [6.07, 6.45) is 0. The Hall–Kier alpha value is -2.67. The molecule has 0 aliphatic heterocycles. The molecule has 0 radical (unpaired) electrons. The van der Waals surface area contributed by atoms with Crippen molar-refractivity contribution < 1.29 is 18.3 Å². The topological polar surface area (TPSA) is 48.3 Å². The number of halogens is 2. The summed E-state index contributed by atoms with van der Waals surface area (Å²) in [6, 6.07) is 13.1. The molecular weight excluding hydrogens is 364 g/mol. The van der Waals surface area contributed by atoms with Crippen LogP contribution < -0.4 is 14.8 Å². The third-order valence-corrected chi connectivity index (χ3v) is 4.52. The molecule has 0 amide bonds. The van der Waals surface area contributed by atoms with Crippen molar-refractivity contribution >= 4 is 11.0 Å². The second-order valence-corrected chi connectivity index (χ2v) is 6.40. The normalized spacial score (nSPS) is 12.5. The van der Waals surface area contributed by atoms with Gasteiger partial charge in [-0.25, -0.2) is 4.98 Å². The Kier molecular flexibility index (Phi) is 6.46. The van der Waals surface area contributed by atoms with Crippen LogP contribution in [0.25, 0.3) is 11.0 Å². The quantitative estimate of drug-likeness (QED) is 0.565. The van der Waals surface area contributed by atoms with Gasteiger partial charge in [-0.2, -0.15) is 8.78 Å². The Morgan fingerprint density at radius 1 is 1.11 bits per heavy atom. The molecule has 1 aromatic heterocycles. The number of benzene rings is 2. The molecule has 0 saturated heterocycles. The molecule has 1 unspecified atom stereocenters. The Balaban J connectivity index is 1.75. The number of hydrogen-bond donors (Lipinski definition) is 1. The van der Waals surface area contributed by atoms with Gasteiger partial charge in [0.1, 0.15) is 5.82 Å². The smallest absolute Gasteiger partial charge is 0.387 e. The van der Waals surface area contributed by atoms with Crippen LogP contribution in [-0.4, -0.2) is 22.8 Å². The lowest BCUT2D eigenvalue weighted by molar-refractivity contribution is -0.0514. The van der Waals surface area contributed by atoms with Crippen LogP contribution in [0.15, 0.2) is 42.5 Å². The summed E-state index contributed by atoms with van der Waals surface area (Å²) in [6.45, 7) is 4.82. The number of aryl methyl sites for hydroxylation is 1. The number of ether oxygens (including phenoxy) is 2. The third kappa shape index (κ3) is 4.42. The van der Waals surface area contributed by atoms with Crippen LogP contribution in [0.3, 0.4) is 0 Å². The number of aromatic nitrogens is 2. The molecule has 5 nitrogen and oxygen atoms in total. The minimum atomic E-state index is -2.88. The second kappa shape index (κ2) is 9.01. The van der Waals surface area contributed by atoms with Gasteiger partial charge in [-0.05, 0) is 50.6 Å². The molecule has 1 N–H and O–H groups in total. The van der Waals surface area contributed by atoms with E-state index in [0.29, 0.717) is 18.9 Å². The van der Waals surface area contributed by atoms with E-state index in [1.54, 1.807) is 19.1 Å². The van der Waals surface area contributed by atoms with Gasteiger partial charge in [0.05, 0.1) is 23.7 Å². The lowest BCUT2D eigenvalue weighted by Gasteiger charge is -2.17. The molecule has 3 rings (SSSR count). The number of alkyl halides is 2. The lowest BCUT2D eigenvalue weighted by atomic mass is 10.2. The van der Waals surface area contributed by atoms with Crippen LogP contribution in [0.5, 0.6) is 11.5 Å². The van der Waals surface area contributed by atoms with Crippen LogP contribution in [0, 0.1) is 0 Å².